The number of nitrogens with zero attached hydrogens (tertiary/aromatic N) is 1. The zero-order valence-corrected chi connectivity index (χ0v) is 17.5. The maximum absolute atomic E-state index is 12.4. The summed E-state index contributed by atoms with van der Waals surface area (Å²) in [7, 11) is 0. The second-order valence-electron chi connectivity index (χ2n) is 7.98. The number of carboxylic acid groups (broad SMARTS) is 1. The van der Waals surface area contributed by atoms with E-state index in [0.29, 0.717) is 0 Å². The van der Waals surface area contributed by atoms with E-state index in [9.17, 15) is 24.3 Å². The minimum atomic E-state index is -1.41. The number of hydrogen-bond donors (Lipinski definition) is 2. The number of carbonyl (C=O) groups is 4. The number of carbonyl (C=O) groups excluding carboxylic acids is 3. The van der Waals surface area contributed by atoms with Gasteiger partial charge in [-0.2, -0.15) is 0 Å². The average molecular weight is 436 g/mol. The Labute approximate surface area is 185 Å². The first-order valence-corrected chi connectivity index (χ1v) is 10.6. The highest BCUT2D eigenvalue weighted by Crippen LogP contribution is 2.44. The SMILES string of the molecule is O=C1CCN(C(=O)C[C@@H](NC(=O)OCC2c3ccccc3-c3ccccc32)C(=O)O)CC1. The van der Waals surface area contributed by atoms with E-state index in [0.717, 1.165) is 22.3 Å². The molecule has 1 atom stereocenters. The van der Waals surface area contributed by atoms with Crippen LogP contribution in [-0.4, -0.2) is 59.5 Å². The fourth-order valence-electron chi connectivity index (χ4n) is 4.29. The molecular formula is C24H24N2O6. The van der Waals surface area contributed by atoms with Crippen LogP contribution in [0.4, 0.5) is 4.79 Å². The summed E-state index contributed by atoms with van der Waals surface area (Å²) in [5.41, 5.74) is 4.27. The molecule has 2 aromatic rings. The van der Waals surface area contributed by atoms with E-state index >= 15 is 0 Å². The van der Waals surface area contributed by atoms with Crippen molar-refractivity contribution < 1.29 is 29.0 Å². The predicted octanol–water partition coefficient (Wildman–Crippen LogP) is 2.56. The summed E-state index contributed by atoms with van der Waals surface area (Å²) in [6, 6.07) is 14.4. The fourth-order valence-corrected chi connectivity index (χ4v) is 4.29. The quantitative estimate of drug-likeness (QED) is 0.720. The second-order valence-corrected chi connectivity index (χ2v) is 7.98. The Hall–Kier alpha value is -3.68. The number of benzene rings is 2. The van der Waals surface area contributed by atoms with Crippen LogP contribution in [0.15, 0.2) is 48.5 Å². The Morgan fingerprint density at radius 1 is 1.00 bits per heavy atom. The Kier molecular flexibility index (Phi) is 6.20. The van der Waals surface area contributed by atoms with Gasteiger partial charge in [0.15, 0.2) is 0 Å². The molecular weight excluding hydrogens is 412 g/mol. The molecule has 2 amide bonds. The topological polar surface area (TPSA) is 113 Å². The first-order chi connectivity index (χ1) is 15.4. The third-order valence-electron chi connectivity index (χ3n) is 5.99. The van der Waals surface area contributed by atoms with Gasteiger partial charge in [-0.15, -0.1) is 0 Å². The van der Waals surface area contributed by atoms with E-state index < -0.39 is 30.4 Å². The normalized spacial score (nSPS) is 16.1. The molecule has 1 heterocycles. The maximum atomic E-state index is 12.4. The molecule has 8 heteroatoms. The van der Waals surface area contributed by atoms with Gasteiger partial charge in [0.05, 0.1) is 6.42 Å². The highest BCUT2D eigenvalue weighted by molar-refractivity contribution is 5.88. The number of amides is 2. The van der Waals surface area contributed by atoms with Crippen LogP contribution < -0.4 is 5.32 Å². The highest BCUT2D eigenvalue weighted by atomic mass is 16.5. The lowest BCUT2D eigenvalue weighted by Crippen LogP contribution is -2.47. The van der Waals surface area contributed by atoms with Gasteiger partial charge in [-0.3, -0.25) is 9.59 Å². The van der Waals surface area contributed by atoms with Gasteiger partial charge in [-0.25, -0.2) is 9.59 Å². The maximum Gasteiger partial charge on any atom is 0.407 e. The summed E-state index contributed by atoms with van der Waals surface area (Å²) in [4.78, 5) is 49.2. The number of rotatable bonds is 6. The van der Waals surface area contributed by atoms with Gasteiger partial charge in [0.25, 0.3) is 0 Å². The molecule has 1 aliphatic heterocycles. The largest absolute Gasteiger partial charge is 0.480 e. The molecule has 0 saturated carbocycles. The number of ether oxygens (including phenoxy) is 1. The monoisotopic (exact) mass is 436 g/mol. The number of nitrogens with one attached hydrogen (secondary N) is 1. The third-order valence-corrected chi connectivity index (χ3v) is 5.99. The summed E-state index contributed by atoms with van der Waals surface area (Å²) in [6.45, 7) is 0.596. The van der Waals surface area contributed by atoms with Crippen LogP contribution in [0.5, 0.6) is 0 Å². The molecule has 32 heavy (non-hydrogen) atoms. The van der Waals surface area contributed by atoms with Crippen LogP contribution in [0.2, 0.25) is 0 Å². The Morgan fingerprint density at radius 2 is 1.56 bits per heavy atom. The summed E-state index contributed by atoms with van der Waals surface area (Å²) < 4.78 is 5.38. The lowest BCUT2D eigenvalue weighted by atomic mass is 9.98. The summed E-state index contributed by atoms with van der Waals surface area (Å²) in [5.74, 6) is -1.80. The van der Waals surface area contributed by atoms with Crippen molar-refractivity contribution in [3.8, 4) is 11.1 Å². The average Bonchev–Trinajstić information content (AvgIpc) is 3.11. The van der Waals surface area contributed by atoms with Crippen molar-refractivity contribution in [1.82, 2.24) is 10.2 Å². The molecule has 0 aromatic heterocycles. The molecule has 2 N–H and O–H groups in total. The number of ketones is 1. The van der Waals surface area contributed by atoms with Crippen molar-refractivity contribution in [2.75, 3.05) is 19.7 Å². The van der Waals surface area contributed by atoms with Crippen LogP contribution >= 0.6 is 0 Å². The van der Waals surface area contributed by atoms with E-state index in [4.69, 9.17) is 4.74 Å². The number of likely N-dealkylation sites (tertiary alicyclic amines) is 1. The predicted molar refractivity (Wildman–Crippen MR) is 115 cm³/mol. The summed E-state index contributed by atoms with van der Waals surface area (Å²) in [6.07, 6.45) is -0.749. The Bertz CT molecular complexity index is 1010. The molecule has 4 rings (SSSR count). The van der Waals surface area contributed by atoms with E-state index in [1.165, 1.54) is 4.90 Å². The summed E-state index contributed by atoms with van der Waals surface area (Å²) >= 11 is 0. The van der Waals surface area contributed by atoms with Crippen LogP contribution in [0, 0.1) is 0 Å². The lowest BCUT2D eigenvalue weighted by molar-refractivity contribution is -0.144. The number of fused-ring (bicyclic) bond motifs is 3. The van der Waals surface area contributed by atoms with E-state index in [1.807, 2.05) is 48.5 Å². The smallest absolute Gasteiger partial charge is 0.407 e. The van der Waals surface area contributed by atoms with Crippen molar-refractivity contribution in [3.63, 3.8) is 0 Å². The van der Waals surface area contributed by atoms with Crippen molar-refractivity contribution in [1.29, 1.82) is 0 Å². The molecule has 8 nitrogen and oxygen atoms in total. The van der Waals surface area contributed by atoms with Crippen LogP contribution in [0.3, 0.4) is 0 Å². The molecule has 166 valence electrons. The van der Waals surface area contributed by atoms with Crippen LogP contribution in [0.25, 0.3) is 11.1 Å². The summed E-state index contributed by atoms with van der Waals surface area (Å²) in [5, 5.41) is 11.7. The van der Waals surface area contributed by atoms with Gasteiger partial charge in [0.1, 0.15) is 18.4 Å². The fraction of sp³-hybridized carbons (Fsp3) is 0.333. The number of aliphatic carboxylic acids is 1. The molecule has 0 bridgehead atoms. The second kappa shape index (κ2) is 9.21. The van der Waals surface area contributed by atoms with Crippen molar-refractivity contribution in [2.45, 2.75) is 31.2 Å². The first-order valence-electron chi connectivity index (χ1n) is 10.6. The molecule has 1 saturated heterocycles. The first kappa shape index (κ1) is 21.5. The van der Waals surface area contributed by atoms with E-state index in [-0.39, 0.29) is 44.2 Å². The Balaban J connectivity index is 1.37. The molecule has 0 unspecified atom stereocenters. The molecule has 2 aliphatic rings. The van der Waals surface area contributed by atoms with Crippen molar-refractivity contribution in [2.24, 2.45) is 0 Å². The minimum absolute atomic E-state index is 0.0500. The standard InChI is InChI=1S/C24H24N2O6/c27-15-9-11-26(12-10-15)22(28)13-21(23(29)30)25-24(31)32-14-20-18-7-3-1-5-16(18)17-6-2-4-8-19(17)20/h1-8,20-21H,9-14H2,(H,25,31)(H,29,30)/t21-/m1/s1. The van der Waals surface area contributed by atoms with Gasteiger partial charge >= 0.3 is 12.1 Å². The molecule has 2 aromatic carbocycles. The lowest BCUT2D eigenvalue weighted by Gasteiger charge is -2.27. The third kappa shape index (κ3) is 4.49. The van der Waals surface area contributed by atoms with E-state index in [2.05, 4.69) is 5.32 Å². The molecule has 0 radical (unpaired) electrons. The number of piperidine rings is 1. The Morgan fingerprint density at radius 3 is 2.12 bits per heavy atom. The highest BCUT2D eigenvalue weighted by Gasteiger charge is 2.31. The van der Waals surface area contributed by atoms with Gasteiger partial charge in [0.2, 0.25) is 5.91 Å². The zero-order chi connectivity index (χ0) is 22.7. The number of Topliss-reactive ketones (excluding diaryl/α,β-unsaturated/α-hetero) is 1. The van der Waals surface area contributed by atoms with Crippen molar-refractivity contribution in [3.05, 3.63) is 59.7 Å². The van der Waals surface area contributed by atoms with Gasteiger partial charge in [0, 0.05) is 31.8 Å². The van der Waals surface area contributed by atoms with Crippen LogP contribution in [-0.2, 0) is 19.1 Å². The van der Waals surface area contributed by atoms with E-state index in [1.54, 1.807) is 0 Å². The molecule has 1 aliphatic carbocycles. The minimum Gasteiger partial charge on any atom is -0.480 e. The molecule has 1 fully saturated rings. The van der Waals surface area contributed by atoms with Gasteiger partial charge in [-0.1, -0.05) is 48.5 Å². The van der Waals surface area contributed by atoms with Crippen molar-refractivity contribution >= 4 is 23.8 Å². The zero-order valence-electron chi connectivity index (χ0n) is 17.5. The molecule has 0 spiro atoms. The number of alkyl carbamates (subject to hydrolysis) is 1. The van der Waals surface area contributed by atoms with Gasteiger partial charge in [-0.05, 0) is 22.3 Å². The van der Waals surface area contributed by atoms with Gasteiger partial charge < -0.3 is 20.1 Å². The van der Waals surface area contributed by atoms with Crippen LogP contribution in [0.1, 0.15) is 36.3 Å². The number of carboxylic acids is 1. The number of hydrogen-bond acceptors (Lipinski definition) is 5.